The molecule has 0 unspecified atom stereocenters. The lowest BCUT2D eigenvalue weighted by atomic mass is 9.94. The third-order valence-corrected chi connectivity index (χ3v) is 7.06. The lowest BCUT2D eigenvalue weighted by Gasteiger charge is -2.34. The van der Waals surface area contributed by atoms with E-state index in [-0.39, 0.29) is 17.7 Å². The molecule has 2 aromatic rings. The van der Waals surface area contributed by atoms with Gasteiger partial charge in [0.2, 0.25) is 5.91 Å². The van der Waals surface area contributed by atoms with Crippen LogP contribution in [0.2, 0.25) is 0 Å². The molecule has 32 heavy (non-hydrogen) atoms. The van der Waals surface area contributed by atoms with Crippen LogP contribution in [0.5, 0.6) is 11.5 Å². The second-order valence-electron chi connectivity index (χ2n) is 8.15. The zero-order valence-corrected chi connectivity index (χ0v) is 19.5. The number of anilines is 1. The molecule has 0 saturated carbocycles. The van der Waals surface area contributed by atoms with Gasteiger partial charge in [-0.3, -0.25) is 9.59 Å². The van der Waals surface area contributed by atoms with Crippen LogP contribution in [0.3, 0.4) is 0 Å². The molecule has 0 atom stereocenters. The van der Waals surface area contributed by atoms with Gasteiger partial charge < -0.3 is 24.2 Å². The molecule has 1 aromatic heterocycles. The van der Waals surface area contributed by atoms with Crippen molar-refractivity contribution < 1.29 is 19.1 Å². The van der Waals surface area contributed by atoms with Crippen molar-refractivity contribution in [2.45, 2.75) is 19.3 Å². The zero-order chi connectivity index (χ0) is 22.5. The minimum atomic E-state index is -0.0537. The van der Waals surface area contributed by atoms with Gasteiger partial charge in [-0.2, -0.15) is 0 Å². The third-order valence-electron chi connectivity index (χ3n) is 6.23. The molecule has 1 aromatic carbocycles. The van der Waals surface area contributed by atoms with Crippen molar-refractivity contribution in [1.82, 2.24) is 14.8 Å². The Labute approximate surface area is 192 Å². The Hall–Kier alpha value is -2.81. The number of carbonyl (C=O) groups excluding carboxylic acids is 2. The van der Waals surface area contributed by atoms with Gasteiger partial charge in [0, 0.05) is 68.4 Å². The highest BCUT2D eigenvalue weighted by molar-refractivity contribution is 7.13. The van der Waals surface area contributed by atoms with Crippen LogP contribution in [0.4, 0.5) is 5.13 Å². The lowest BCUT2D eigenvalue weighted by molar-refractivity contribution is -0.136. The Morgan fingerprint density at radius 3 is 2.28 bits per heavy atom. The average Bonchev–Trinajstić information content (AvgIpc) is 3.27. The molecule has 0 spiro atoms. The number of carbonyl (C=O) groups is 2. The highest BCUT2D eigenvalue weighted by atomic mass is 32.1. The first-order chi connectivity index (χ1) is 15.6. The molecule has 2 aliphatic heterocycles. The zero-order valence-electron chi connectivity index (χ0n) is 18.7. The third kappa shape index (κ3) is 4.98. The van der Waals surface area contributed by atoms with Crippen LogP contribution >= 0.6 is 11.3 Å². The molecule has 2 amide bonds. The highest BCUT2D eigenvalue weighted by Crippen LogP contribution is 2.27. The lowest BCUT2D eigenvalue weighted by Crippen LogP contribution is -2.45. The van der Waals surface area contributed by atoms with E-state index in [9.17, 15) is 9.59 Å². The smallest absolute Gasteiger partial charge is 0.254 e. The van der Waals surface area contributed by atoms with Crippen molar-refractivity contribution in [3.8, 4) is 11.5 Å². The van der Waals surface area contributed by atoms with Crippen LogP contribution < -0.4 is 14.4 Å². The quantitative estimate of drug-likeness (QED) is 0.686. The van der Waals surface area contributed by atoms with Gasteiger partial charge in [0.25, 0.3) is 5.91 Å². The molecular formula is C23H30N4O4S. The van der Waals surface area contributed by atoms with Crippen molar-refractivity contribution in [3.05, 3.63) is 35.3 Å². The number of rotatable bonds is 5. The van der Waals surface area contributed by atoms with Crippen LogP contribution in [0.15, 0.2) is 29.8 Å². The SMILES string of the molecule is COc1cc(OC)cc(C(=O)N2CCC(C(=O)N3CCCN(c4nccs4)CC3)CC2)c1. The minimum Gasteiger partial charge on any atom is -0.497 e. The summed E-state index contributed by atoms with van der Waals surface area (Å²) in [5.41, 5.74) is 0.542. The molecule has 8 nitrogen and oxygen atoms in total. The summed E-state index contributed by atoms with van der Waals surface area (Å²) < 4.78 is 10.6. The number of aromatic nitrogens is 1. The predicted molar refractivity (Wildman–Crippen MR) is 124 cm³/mol. The molecule has 2 fully saturated rings. The summed E-state index contributed by atoms with van der Waals surface area (Å²) in [4.78, 5) is 36.7. The molecule has 3 heterocycles. The first-order valence-electron chi connectivity index (χ1n) is 11.0. The van der Waals surface area contributed by atoms with Crippen LogP contribution in [0.25, 0.3) is 0 Å². The van der Waals surface area contributed by atoms with Crippen molar-refractivity contribution >= 4 is 28.3 Å². The Balaban J connectivity index is 1.32. The Morgan fingerprint density at radius 1 is 0.938 bits per heavy atom. The topological polar surface area (TPSA) is 75.2 Å². The number of hydrogen-bond donors (Lipinski definition) is 0. The molecule has 9 heteroatoms. The molecular weight excluding hydrogens is 428 g/mol. The van der Waals surface area contributed by atoms with Crippen molar-refractivity contribution in [2.24, 2.45) is 5.92 Å². The number of thiazole rings is 1. The summed E-state index contributed by atoms with van der Waals surface area (Å²) in [5.74, 6) is 1.32. The van der Waals surface area contributed by atoms with Gasteiger partial charge in [-0.15, -0.1) is 11.3 Å². The minimum absolute atomic E-state index is 0.0229. The summed E-state index contributed by atoms with van der Waals surface area (Å²) in [6.07, 6.45) is 4.15. The molecule has 2 aliphatic rings. The summed E-state index contributed by atoms with van der Waals surface area (Å²) in [6, 6.07) is 5.21. The molecule has 0 bridgehead atoms. The maximum atomic E-state index is 13.2. The van der Waals surface area contributed by atoms with Gasteiger partial charge in [-0.05, 0) is 31.4 Å². The van der Waals surface area contributed by atoms with Crippen LogP contribution in [-0.4, -0.2) is 80.1 Å². The average molecular weight is 459 g/mol. The van der Waals surface area contributed by atoms with Gasteiger partial charge in [0.05, 0.1) is 14.2 Å². The highest BCUT2D eigenvalue weighted by Gasteiger charge is 2.31. The van der Waals surface area contributed by atoms with Crippen LogP contribution in [-0.2, 0) is 4.79 Å². The van der Waals surface area contributed by atoms with Crippen molar-refractivity contribution in [1.29, 1.82) is 0 Å². The number of ether oxygens (including phenoxy) is 2. The number of piperidine rings is 1. The van der Waals surface area contributed by atoms with E-state index in [1.54, 1.807) is 43.8 Å². The molecule has 4 rings (SSSR count). The number of amides is 2. The van der Waals surface area contributed by atoms with Gasteiger partial charge in [0.1, 0.15) is 11.5 Å². The van der Waals surface area contributed by atoms with E-state index in [1.165, 1.54) is 0 Å². The Morgan fingerprint density at radius 2 is 1.66 bits per heavy atom. The first-order valence-corrected chi connectivity index (χ1v) is 11.9. The molecule has 0 radical (unpaired) electrons. The standard InChI is InChI=1S/C23H30N4O4S/c1-30-19-14-18(15-20(16-19)31-2)22(29)26-9-4-17(5-10-26)21(28)25-7-3-8-27(12-11-25)23-24-6-13-32-23/h6,13-17H,3-5,7-12H2,1-2H3. The van der Waals surface area contributed by atoms with Gasteiger partial charge >= 0.3 is 0 Å². The van der Waals surface area contributed by atoms with E-state index in [2.05, 4.69) is 9.88 Å². The molecule has 172 valence electrons. The normalized spacial score (nSPS) is 17.8. The summed E-state index contributed by atoms with van der Waals surface area (Å²) in [5, 5.41) is 3.01. The first kappa shape index (κ1) is 22.4. The molecule has 0 aliphatic carbocycles. The Bertz CT molecular complexity index is 906. The predicted octanol–water partition coefficient (Wildman–Crippen LogP) is 2.75. The summed E-state index contributed by atoms with van der Waals surface area (Å²) in [6.45, 7) is 4.40. The van der Waals surface area contributed by atoms with E-state index < -0.39 is 0 Å². The maximum absolute atomic E-state index is 13.2. The fourth-order valence-electron chi connectivity index (χ4n) is 4.40. The number of methoxy groups -OCH3 is 2. The largest absolute Gasteiger partial charge is 0.497 e. The van der Waals surface area contributed by atoms with E-state index in [0.717, 1.165) is 37.7 Å². The molecule has 2 saturated heterocycles. The maximum Gasteiger partial charge on any atom is 0.254 e. The number of nitrogens with zero attached hydrogens (tertiary/aromatic N) is 4. The van der Waals surface area contributed by atoms with Crippen LogP contribution in [0.1, 0.15) is 29.6 Å². The monoisotopic (exact) mass is 458 g/mol. The fourth-order valence-corrected chi connectivity index (χ4v) is 5.10. The van der Waals surface area contributed by atoms with E-state index in [4.69, 9.17) is 9.47 Å². The van der Waals surface area contributed by atoms with E-state index in [1.807, 2.05) is 21.4 Å². The second-order valence-corrected chi connectivity index (χ2v) is 9.02. The van der Waals surface area contributed by atoms with Gasteiger partial charge in [-0.1, -0.05) is 0 Å². The van der Waals surface area contributed by atoms with Gasteiger partial charge in [-0.25, -0.2) is 4.98 Å². The summed E-state index contributed by atoms with van der Waals surface area (Å²) >= 11 is 1.64. The van der Waals surface area contributed by atoms with E-state index in [0.29, 0.717) is 43.0 Å². The Kier molecular flexibility index (Phi) is 7.14. The molecule has 0 N–H and O–H groups in total. The van der Waals surface area contributed by atoms with Crippen molar-refractivity contribution in [2.75, 3.05) is 58.4 Å². The fraction of sp³-hybridized carbons (Fsp3) is 0.522. The number of likely N-dealkylation sites (tertiary alicyclic amines) is 1. The van der Waals surface area contributed by atoms with E-state index >= 15 is 0 Å². The van der Waals surface area contributed by atoms with Gasteiger partial charge in [0.15, 0.2) is 5.13 Å². The number of benzene rings is 1. The van der Waals surface area contributed by atoms with Crippen molar-refractivity contribution in [3.63, 3.8) is 0 Å². The van der Waals surface area contributed by atoms with Crippen LogP contribution in [0, 0.1) is 5.92 Å². The number of hydrogen-bond acceptors (Lipinski definition) is 7. The second kappa shape index (κ2) is 10.2. The summed E-state index contributed by atoms with van der Waals surface area (Å²) in [7, 11) is 3.14.